The number of rotatable bonds is 2. The quantitative estimate of drug-likeness (QED) is 0.803. The predicted octanol–water partition coefficient (Wildman–Crippen LogP) is 3.21. The Kier molecular flexibility index (Phi) is 2.91. The molecule has 0 atom stereocenters. The van der Waals surface area contributed by atoms with Crippen LogP contribution in [0, 0.1) is 6.92 Å². The average molecular weight is 213 g/mol. The topological polar surface area (TPSA) is 29.1 Å². The van der Waals surface area contributed by atoms with Crippen molar-refractivity contribution in [2.75, 3.05) is 5.32 Å². The number of hydrogen-bond donors (Lipinski definition) is 1. The van der Waals surface area contributed by atoms with Gasteiger partial charge in [-0.1, -0.05) is 24.3 Å². The number of carbonyl (C=O) groups excluding carboxylic acids is 1. The molecule has 82 valence electrons. The van der Waals surface area contributed by atoms with Gasteiger partial charge in [-0.05, 0) is 43.5 Å². The van der Waals surface area contributed by atoms with E-state index in [0.29, 0.717) is 0 Å². The third kappa shape index (κ3) is 2.22. The van der Waals surface area contributed by atoms with Crippen LogP contribution in [0.15, 0.2) is 47.6 Å². The van der Waals surface area contributed by atoms with Crippen LogP contribution in [0.5, 0.6) is 0 Å². The summed E-state index contributed by atoms with van der Waals surface area (Å²) in [5.41, 5.74) is 3.93. The molecule has 16 heavy (non-hydrogen) atoms. The second-order valence-electron chi connectivity index (χ2n) is 4.09. The van der Waals surface area contributed by atoms with Gasteiger partial charge in [-0.25, -0.2) is 0 Å². The van der Waals surface area contributed by atoms with Gasteiger partial charge in [-0.15, -0.1) is 0 Å². The van der Waals surface area contributed by atoms with Crippen LogP contribution in [0.4, 0.5) is 5.69 Å². The number of allylic oxidation sites excluding steroid dienone is 3. The predicted molar refractivity (Wildman–Crippen MR) is 66.3 cm³/mol. The van der Waals surface area contributed by atoms with Crippen LogP contribution in [0.2, 0.25) is 0 Å². The summed E-state index contributed by atoms with van der Waals surface area (Å²) in [5.74, 6) is 0.00750. The van der Waals surface area contributed by atoms with Gasteiger partial charge in [-0.2, -0.15) is 0 Å². The number of hydrogen-bond acceptors (Lipinski definition) is 1. The van der Waals surface area contributed by atoms with Gasteiger partial charge in [0.25, 0.3) is 5.91 Å². The minimum Gasteiger partial charge on any atom is -0.322 e. The molecule has 1 amide bonds. The smallest absolute Gasteiger partial charge is 0.252 e. The van der Waals surface area contributed by atoms with Crippen molar-refractivity contribution in [1.29, 1.82) is 0 Å². The molecule has 1 aromatic rings. The molecule has 0 fully saturated rings. The second kappa shape index (κ2) is 4.35. The molecule has 0 heterocycles. The zero-order valence-corrected chi connectivity index (χ0v) is 9.58. The van der Waals surface area contributed by atoms with E-state index in [2.05, 4.69) is 5.32 Å². The van der Waals surface area contributed by atoms with Gasteiger partial charge >= 0.3 is 0 Å². The van der Waals surface area contributed by atoms with Gasteiger partial charge < -0.3 is 5.32 Å². The summed E-state index contributed by atoms with van der Waals surface area (Å²) in [6, 6.07) is 7.83. The highest BCUT2D eigenvalue weighted by Gasteiger charge is 2.14. The third-order valence-corrected chi connectivity index (χ3v) is 2.72. The molecule has 0 spiro atoms. The highest BCUT2D eigenvalue weighted by Crippen LogP contribution is 2.20. The fourth-order valence-electron chi connectivity index (χ4n) is 1.82. The van der Waals surface area contributed by atoms with E-state index in [4.69, 9.17) is 0 Å². The van der Waals surface area contributed by atoms with Crippen molar-refractivity contribution in [3.63, 3.8) is 0 Å². The van der Waals surface area contributed by atoms with Crippen LogP contribution in [0.25, 0.3) is 0 Å². The zero-order chi connectivity index (χ0) is 11.5. The molecule has 0 saturated carbocycles. The summed E-state index contributed by atoms with van der Waals surface area (Å²) >= 11 is 0. The van der Waals surface area contributed by atoms with E-state index >= 15 is 0 Å². The van der Waals surface area contributed by atoms with Gasteiger partial charge in [0.05, 0.1) is 0 Å². The van der Waals surface area contributed by atoms with E-state index in [0.717, 1.165) is 28.8 Å². The largest absolute Gasteiger partial charge is 0.322 e. The van der Waals surface area contributed by atoms with Crippen LogP contribution in [-0.2, 0) is 4.79 Å². The number of anilines is 1. The first-order chi connectivity index (χ1) is 7.66. The van der Waals surface area contributed by atoms with Crippen molar-refractivity contribution >= 4 is 11.6 Å². The Bertz CT molecular complexity index is 483. The number of nitrogens with one attached hydrogen (secondary N) is 1. The van der Waals surface area contributed by atoms with Crippen molar-refractivity contribution in [1.82, 2.24) is 0 Å². The lowest BCUT2D eigenvalue weighted by Gasteiger charge is -2.07. The maximum absolute atomic E-state index is 11.9. The average Bonchev–Trinajstić information content (AvgIpc) is 2.64. The first kappa shape index (κ1) is 10.7. The van der Waals surface area contributed by atoms with E-state index < -0.39 is 0 Å². The number of benzene rings is 1. The fourth-order valence-corrected chi connectivity index (χ4v) is 1.82. The molecule has 2 rings (SSSR count). The molecule has 0 aromatic heterocycles. The molecule has 2 heteroatoms. The van der Waals surface area contributed by atoms with E-state index in [1.807, 2.05) is 50.3 Å². The SMILES string of the molecule is CC1=C(C(=O)Nc2cccc(C)c2)CC=C1. The van der Waals surface area contributed by atoms with E-state index in [-0.39, 0.29) is 5.91 Å². The highest BCUT2D eigenvalue weighted by atomic mass is 16.1. The molecule has 1 aliphatic rings. The summed E-state index contributed by atoms with van der Waals surface area (Å²) in [7, 11) is 0. The Morgan fingerprint density at radius 2 is 2.12 bits per heavy atom. The number of aryl methyl sites for hydroxylation is 1. The van der Waals surface area contributed by atoms with E-state index in [1.165, 1.54) is 0 Å². The van der Waals surface area contributed by atoms with Crippen LogP contribution in [0.1, 0.15) is 18.9 Å². The Balaban J connectivity index is 2.12. The molecule has 0 bridgehead atoms. The highest BCUT2D eigenvalue weighted by molar-refractivity contribution is 6.05. The molecule has 1 N–H and O–H groups in total. The minimum atomic E-state index is 0.00750. The molecule has 2 nitrogen and oxygen atoms in total. The van der Waals surface area contributed by atoms with Crippen LogP contribution >= 0.6 is 0 Å². The Hall–Kier alpha value is -1.83. The Labute approximate surface area is 95.7 Å². The van der Waals surface area contributed by atoms with Gasteiger partial charge in [0.15, 0.2) is 0 Å². The van der Waals surface area contributed by atoms with Crippen LogP contribution in [-0.4, -0.2) is 5.91 Å². The lowest BCUT2D eigenvalue weighted by atomic mass is 10.1. The Morgan fingerprint density at radius 3 is 2.75 bits per heavy atom. The summed E-state index contributed by atoms with van der Waals surface area (Å²) < 4.78 is 0. The van der Waals surface area contributed by atoms with Gasteiger partial charge in [-0.3, -0.25) is 4.79 Å². The molecule has 1 aromatic carbocycles. The van der Waals surface area contributed by atoms with Crippen molar-refractivity contribution in [2.24, 2.45) is 0 Å². The molecule has 0 radical (unpaired) electrons. The fraction of sp³-hybridized carbons (Fsp3) is 0.214. The monoisotopic (exact) mass is 213 g/mol. The van der Waals surface area contributed by atoms with Crippen LogP contribution in [0.3, 0.4) is 0 Å². The summed E-state index contributed by atoms with van der Waals surface area (Å²) in [4.78, 5) is 11.9. The van der Waals surface area contributed by atoms with Crippen molar-refractivity contribution < 1.29 is 4.79 Å². The standard InChI is InChI=1S/C14H15NO/c1-10-5-3-7-12(9-10)15-14(16)13-8-4-6-11(13)2/h3-7,9H,8H2,1-2H3,(H,15,16). The second-order valence-corrected chi connectivity index (χ2v) is 4.09. The first-order valence-electron chi connectivity index (χ1n) is 5.41. The maximum Gasteiger partial charge on any atom is 0.252 e. The Morgan fingerprint density at radius 1 is 1.31 bits per heavy atom. The zero-order valence-electron chi connectivity index (χ0n) is 9.58. The summed E-state index contributed by atoms with van der Waals surface area (Å²) in [6.07, 6.45) is 4.75. The molecular weight excluding hydrogens is 198 g/mol. The van der Waals surface area contributed by atoms with Crippen molar-refractivity contribution in [3.05, 3.63) is 53.1 Å². The minimum absolute atomic E-state index is 0.00750. The summed E-state index contributed by atoms with van der Waals surface area (Å²) in [6.45, 7) is 3.98. The van der Waals surface area contributed by atoms with Gasteiger partial charge in [0, 0.05) is 11.3 Å². The van der Waals surface area contributed by atoms with E-state index in [9.17, 15) is 4.79 Å². The van der Waals surface area contributed by atoms with Crippen molar-refractivity contribution in [3.8, 4) is 0 Å². The third-order valence-electron chi connectivity index (χ3n) is 2.72. The van der Waals surface area contributed by atoms with Crippen LogP contribution < -0.4 is 5.32 Å². The number of carbonyl (C=O) groups is 1. The normalized spacial score (nSPS) is 14.4. The maximum atomic E-state index is 11.9. The summed E-state index contributed by atoms with van der Waals surface area (Å²) in [5, 5.41) is 2.92. The van der Waals surface area contributed by atoms with Gasteiger partial charge in [0.2, 0.25) is 0 Å². The van der Waals surface area contributed by atoms with E-state index in [1.54, 1.807) is 0 Å². The molecule has 0 aliphatic heterocycles. The molecular formula is C14H15NO. The first-order valence-corrected chi connectivity index (χ1v) is 5.41. The van der Waals surface area contributed by atoms with Crippen molar-refractivity contribution in [2.45, 2.75) is 20.3 Å². The van der Waals surface area contributed by atoms with Gasteiger partial charge in [0.1, 0.15) is 0 Å². The lowest BCUT2D eigenvalue weighted by molar-refractivity contribution is -0.112. The molecule has 0 unspecified atom stereocenters. The number of amides is 1. The molecule has 0 saturated heterocycles. The molecule has 1 aliphatic carbocycles. The lowest BCUT2D eigenvalue weighted by Crippen LogP contribution is -2.14.